The Labute approximate surface area is 143 Å². The summed E-state index contributed by atoms with van der Waals surface area (Å²) < 4.78 is 27.6. The molecule has 0 aliphatic rings. The molecule has 130 valence electrons. The van der Waals surface area contributed by atoms with E-state index in [1.165, 1.54) is 0 Å². The Morgan fingerprint density at radius 3 is 1.96 bits per heavy atom. The van der Waals surface area contributed by atoms with Gasteiger partial charge in [-0.2, -0.15) is 0 Å². The van der Waals surface area contributed by atoms with Crippen LogP contribution < -0.4 is 23.7 Å². The topological polar surface area (TPSA) is 46.2 Å². The second-order valence-electron chi connectivity index (χ2n) is 5.24. The molecule has 2 aromatic rings. The first kappa shape index (κ1) is 17.8. The molecule has 0 atom stereocenters. The molecule has 0 N–H and O–H groups in total. The highest BCUT2D eigenvalue weighted by atomic mass is 16.5. The Bertz CT molecular complexity index is 656. The van der Waals surface area contributed by atoms with Crippen molar-refractivity contribution >= 4 is 0 Å². The van der Waals surface area contributed by atoms with Gasteiger partial charge in [0.05, 0.1) is 27.9 Å². The zero-order chi connectivity index (χ0) is 17.5. The summed E-state index contributed by atoms with van der Waals surface area (Å²) in [5, 5.41) is 0. The fraction of sp³-hybridized carbons (Fsp3) is 0.368. The lowest BCUT2D eigenvalue weighted by Gasteiger charge is -2.15. The number of benzene rings is 2. The summed E-state index contributed by atoms with van der Waals surface area (Å²) in [6.45, 7) is 4.76. The molecule has 24 heavy (non-hydrogen) atoms. The van der Waals surface area contributed by atoms with Crippen LogP contribution in [-0.4, -0.2) is 27.9 Å². The van der Waals surface area contributed by atoms with Crippen LogP contribution in [0.5, 0.6) is 34.5 Å². The van der Waals surface area contributed by atoms with E-state index in [9.17, 15) is 0 Å². The number of methoxy groups -OCH3 is 3. The van der Waals surface area contributed by atoms with Crippen LogP contribution in [0.15, 0.2) is 30.3 Å². The lowest BCUT2D eigenvalue weighted by molar-refractivity contribution is 0.316. The van der Waals surface area contributed by atoms with E-state index in [1.807, 2.05) is 25.1 Å². The molecule has 0 saturated heterocycles. The Morgan fingerprint density at radius 2 is 1.46 bits per heavy atom. The van der Waals surface area contributed by atoms with Crippen LogP contribution >= 0.6 is 0 Å². The molecule has 0 radical (unpaired) electrons. The van der Waals surface area contributed by atoms with Crippen molar-refractivity contribution in [3.8, 4) is 34.5 Å². The van der Waals surface area contributed by atoms with E-state index in [4.69, 9.17) is 23.7 Å². The quantitative estimate of drug-likeness (QED) is 0.707. The maximum absolute atomic E-state index is 5.98. The molecule has 0 aromatic heterocycles. The van der Waals surface area contributed by atoms with Crippen LogP contribution in [0.2, 0.25) is 0 Å². The predicted molar refractivity (Wildman–Crippen MR) is 93.1 cm³/mol. The Kier molecular flexibility index (Phi) is 6.18. The first-order chi connectivity index (χ1) is 11.6. The summed E-state index contributed by atoms with van der Waals surface area (Å²) in [5.74, 6) is 3.82. The van der Waals surface area contributed by atoms with Crippen LogP contribution in [0, 0.1) is 6.92 Å². The molecule has 2 rings (SSSR count). The summed E-state index contributed by atoms with van der Waals surface area (Å²) in [6, 6.07) is 9.28. The van der Waals surface area contributed by atoms with E-state index in [0.29, 0.717) is 29.6 Å². The van der Waals surface area contributed by atoms with Crippen molar-refractivity contribution in [3.63, 3.8) is 0 Å². The van der Waals surface area contributed by atoms with Crippen molar-refractivity contribution in [1.29, 1.82) is 0 Å². The highest BCUT2D eigenvalue weighted by Crippen LogP contribution is 2.42. The van der Waals surface area contributed by atoms with Crippen molar-refractivity contribution in [2.24, 2.45) is 0 Å². The largest absolute Gasteiger partial charge is 0.494 e. The zero-order valence-electron chi connectivity index (χ0n) is 14.8. The smallest absolute Gasteiger partial charge is 0.203 e. The summed E-state index contributed by atoms with van der Waals surface area (Å²) in [5.41, 5.74) is 0.984. The van der Waals surface area contributed by atoms with Gasteiger partial charge in [0, 0.05) is 12.1 Å². The van der Waals surface area contributed by atoms with Crippen molar-refractivity contribution in [2.45, 2.75) is 20.3 Å². The maximum atomic E-state index is 5.98. The Hall–Kier alpha value is -2.56. The predicted octanol–water partition coefficient (Wildman–Crippen LogP) is 4.60. The van der Waals surface area contributed by atoms with Crippen LogP contribution in [0.3, 0.4) is 0 Å². The highest BCUT2D eigenvalue weighted by molar-refractivity contribution is 5.57. The molecule has 2 aromatic carbocycles. The van der Waals surface area contributed by atoms with Crippen LogP contribution in [0.25, 0.3) is 0 Å². The van der Waals surface area contributed by atoms with Gasteiger partial charge < -0.3 is 23.7 Å². The first-order valence-corrected chi connectivity index (χ1v) is 7.84. The van der Waals surface area contributed by atoms with E-state index >= 15 is 0 Å². The van der Waals surface area contributed by atoms with Gasteiger partial charge in [-0.05, 0) is 37.1 Å². The van der Waals surface area contributed by atoms with Gasteiger partial charge in [-0.25, -0.2) is 0 Å². The number of hydrogen-bond donors (Lipinski definition) is 0. The third-order valence-electron chi connectivity index (χ3n) is 3.49. The molecule has 0 saturated carbocycles. The fourth-order valence-electron chi connectivity index (χ4n) is 2.29. The van der Waals surface area contributed by atoms with Gasteiger partial charge >= 0.3 is 0 Å². The maximum Gasteiger partial charge on any atom is 0.203 e. The molecule has 0 heterocycles. The Balaban J connectivity index is 2.27. The first-order valence-electron chi connectivity index (χ1n) is 7.84. The summed E-state index contributed by atoms with van der Waals surface area (Å²) in [6.07, 6.45) is 0.975. The molecule has 0 aliphatic heterocycles. The van der Waals surface area contributed by atoms with Crippen molar-refractivity contribution < 1.29 is 23.7 Å². The molecule has 5 nitrogen and oxygen atoms in total. The summed E-state index contributed by atoms with van der Waals surface area (Å²) in [4.78, 5) is 0. The third-order valence-corrected chi connectivity index (χ3v) is 3.49. The van der Waals surface area contributed by atoms with Crippen molar-refractivity contribution in [1.82, 2.24) is 0 Å². The van der Waals surface area contributed by atoms with E-state index in [-0.39, 0.29) is 0 Å². The van der Waals surface area contributed by atoms with E-state index in [1.54, 1.807) is 33.5 Å². The second kappa shape index (κ2) is 8.34. The average molecular weight is 332 g/mol. The second-order valence-corrected chi connectivity index (χ2v) is 5.24. The zero-order valence-corrected chi connectivity index (χ0v) is 14.8. The summed E-state index contributed by atoms with van der Waals surface area (Å²) in [7, 11) is 4.72. The van der Waals surface area contributed by atoms with Gasteiger partial charge in [0.2, 0.25) is 5.75 Å². The van der Waals surface area contributed by atoms with Crippen LogP contribution in [0.1, 0.15) is 18.9 Å². The number of hydrogen-bond acceptors (Lipinski definition) is 5. The normalized spacial score (nSPS) is 10.2. The van der Waals surface area contributed by atoms with Crippen LogP contribution in [-0.2, 0) is 0 Å². The van der Waals surface area contributed by atoms with Gasteiger partial charge in [-0.1, -0.05) is 6.92 Å². The molecule has 0 aliphatic carbocycles. The molecule has 0 spiro atoms. The van der Waals surface area contributed by atoms with Gasteiger partial charge in [-0.3, -0.25) is 0 Å². The molecule has 0 unspecified atom stereocenters. The standard InChI is InChI=1S/C19H24O5/c1-6-9-23-14-7-8-16(13(2)10-14)24-15-11-17(20-3)19(22-5)18(12-15)21-4/h7-8,10-12H,6,9H2,1-5H3. The monoisotopic (exact) mass is 332 g/mol. The van der Waals surface area contributed by atoms with Gasteiger partial charge in [0.25, 0.3) is 0 Å². The van der Waals surface area contributed by atoms with Crippen LogP contribution in [0.4, 0.5) is 0 Å². The van der Waals surface area contributed by atoms with E-state index < -0.39 is 0 Å². The lowest BCUT2D eigenvalue weighted by Crippen LogP contribution is -1.97. The van der Waals surface area contributed by atoms with Crippen molar-refractivity contribution in [3.05, 3.63) is 35.9 Å². The number of rotatable bonds is 8. The van der Waals surface area contributed by atoms with Gasteiger partial charge in [0.15, 0.2) is 11.5 Å². The molecular weight excluding hydrogens is 308 g/mol. The minimum absolute atomic E-state index is 0.535. The van der Waals surface area contributed by atoms with Crippen molar-refractivity contribution in [2.75, 3.05) is 27.9 Å². The SMILES string of the molecule is CCCOc1ccc(Oc2cc(OC)c(OC)c(OC)c2)c(C)c1. The molecule has 5 heteroatoms. The number of ether oxygens (including phenoxy) is 5. The highest BCUT2D eigenvalue weighted by Gasteiger charge is 2.15. The molecule has 0 fully saturated rings. The van der Waals surface area contributed by atoms with E-state index in [2.05, 4.69) is 6.92 Å². The van der Waals surface area contributed by atoms with Gasteiger partial charge in [-0.15, -0.1) is 0 Å². The van der Waals surface area contributed by atoms with E-state index in [0.717, 1.165) is 23.5 Å². The minimum Gasteiger partial charge on any atom is -0.494 e. The van der Waals surface area contributed by atoms with Gasteiger partial charge in [0.1, 0.15) is 17.2 Å². The molecule has 0 amide bonds. The summed E-state index contributed by atoms with van der Waals surface area (Å²) >= 11 is 0. The number of aryl methyl sites for hydroxylation is 1. The molecule has 0 bridgehead atoms. The minimum atomic E-state index is 0.535. The lowest BCUT2D eigenvalue weighted by atomic mass is 10.2. The fourth-order valence-corrected chi connectivity index (χ4v) is 2.29. The average Bonchev–Trinajstić information content (AvgIpc) is 2.61. The third kappa shape index (κ3) is 4.04. The Morgan fingerprint density at radius 1 is 0.792 bits per heavy atom. The molecular formula is C19H24O5.